The number of ether oxygens (including phenoxy) is 2. The number of esters is 2. The lowest BCUT2D eigenvalue weighted by Gasteiger charge is -2.28. The van der Waals surface area contributed by atoms with E-state index in [0.29, 0.717) is 17.4 Å². The zero-order chi connectivity index (χ0) is 39.3. The standard InChI is InChI=1S/C41H82NO8PS2/c1-6-7-8-9-10-11-12-14-17-20-23-26-29-32-40(43)47-37-39(38-49-51(45,46)48-35-34-42(2,3)4)50-41(44)33-30-27-24-21-18-15-13-16-19-22-25-28-31-36-53-52-5/h39H,6-38H2,1-5H3/t39-/m1/s1. The summed E-state index contributed by atoms with van der Waals surface area (Å²) in [6, 6.07) is 0. The third kappa shape index (κ3) is 41.2. The van der Waals surface area contributed by atoms with Crippen LogP contribution in [-0.4, -0.2) is 82.0 Å². The molecule has 0 saturated heterocycles. The third-order valence-electron chi connectivity index (χ3n) is 9.37. The fraction of sp³-hybridized carbons (Fsp3) is 0.951. The highest BCUT2D eigenvalue weighted by Gasteiger charge is 2.21. The van der Waals surface area contributed by atoms with Crippen molar-refractivity contribution in [1.29, 1.82) is 0 Å². The van der Waals surface area contributed by atoms with Gasteiger partial charge in [-0.1, -0.05) is 176 Å². The van der Waals surface area contributed by atoms with Crippen LogP contribution in [0.1, 0.15) is 187 Å². The zero-order valence-corrected chi connectivity index (χ0v) is 37.4. The Balaban J connectivity index is 4.31. The molecule has 0 radical (unpaired) electrons. The van der Waals surface area contributed by atoms with E-state index in [9.17, 15) is 19.0 Å². The van der Waals surface area contributed by atoms with E-state index in [2.05, 4.69) is 13.2 Å². The highest BCUT2D eigenvalue weighted by atomic mass is 33.1. The highest BCUT2D eigenvalue weighted by Crippen LogP contribution is 2.38. The molecule has 2 atom stereocenters. The summed E-state index contributed by atoms with van der Waals surface area (Å²) in [6.45, 7) is 1.99. The minimum absolute atomic E-state index is 0.0268. The number of hydrogen-bond acceptors (Lipinski definition) is 10. The van der Waals surface area contributed by atoms with E-state index in [1.807, 2.05) is 42.7 Å². The normalized spacial score (nSPS) is 13.5. The van der Waals surface area contributed by atoms with Crippen LogP contribution in [0.4, 0.5) is 0 Å². The molecule has 0 fully saturated rings. The fourth-order valence-electron chi connectivity index (χ4n) is 6.00. The van der Waals surface area contributed by atoms with Crippen molar-refractivity contribution in [3.63, 3.8) is 0 Å². The van der Waals surface area contributed by atoms with Gasteiger partial charge < -0.3 is 27.9 Å². The maximum Gasteiger partial charge on any atom is 0.306 e. The summed E-state index contributed by atoms with van der Waals surface area (Å²) >= 11 is 0. The van der Waals surface area contributed by atoms with Crippen LogP contribution < -0.4 is 4.89 Å². The van der Waals surface area contributed by atoms with Gasteiger partial charge in [0.2, 0.25) is 0 Å². The topological polar surface area (TPSA) is 111 Å². The average molecular weight is 812 g/mol. The number of nitrogens with zero attached hydrogens (tertiary/aromatic N) is 1. The lowest BCUT2D eigenvalue weighted by Crippen LogP contribution is -2.37. The number of carbonyl (C=O) groups is 2. The van der Waals surface area contributed by atoms with Crippen LogP contribution in [0.3, 0.4) is 0 Å². The van der Waals surface area contributed by atoms with E-state index in [0.717, 1.165) is 32.1 Å². The van der Waals surface area contributed by atoms with Gasteiger partial charge in [0.1, 0.15) is 19.8 Å². The van der Waals surface area contributed by atoms with Crippen molar-refractivity contribution in [2.75, 3.05) is 59.5 Å². The maximum absolute atomic E-state index is 12.7. The predicted molar refractivity (Wildman–Crippen MR) is 224 cm³/mol. The number of phosphoric acid groups is 1. The molecule has 0 aromatic rings. The van der Waals surface area contributed by atoms with E-state index < -0.39 is 26.5 Å². The Bertz CT molecular complexity index is 893. The lowest BCUT2D eigenvalue weighted by molar-refractivity contribution is -0.870. The Hall–Kier alpha value is -0.290. The van der Waals surface area contributed by atoms with Gasteiger partial charge in [-0.25, -0.2) is 0 Å². The van der Waals surface area contributed by atoms with Crippen LogP contribution in [0.15, 0.2) is 0 Å². The molecule has 0 aliphatic carbocycles. The SMILES string of the molecule is CCCCCCCCCCCCCCCC(=O)OC[C@H](COP(=O)([O-])OCC[N+](C)(C)C)OC(=O)CCCCCCCCCCCCCCCSSC. The molecule has 9 nitrogen and oxygen atoms in total. The van der Waals surface area contributed by atoms with Crippen LogP contribution in [0, 0.1) is 0 Å². The van der Waals surface area contributed by atoms with Gasteiger partial charge in [-0.15, -0.1) is 0 Å². The minimum atomic E-state index is -4.62. The molecular weight excluding hydrogens is 730 g/mol. The molecule has 1 unspecified atom stereocenters. The van der Waals surface area contributed by atoms with Gasteiger partial charge in [0.25, 0.3) is 7.82 Å². The second-order valence-corrected chi connectivity index (χ2v) is 19.8. The fourth-order valence-corrected chi connectivity index (χ4v) is 8.07. The number of rotatable bonds is 41. The number of hydrogen-bond donors (Lipinski definition) is 0. The Kier molecular flexibility index (Phi) is 37.1. The van der Waals surface area contributed by atoms with Crippen LogP contribution in [0.5, 0.6) is 0 Å². The maximum atomic E-state index is 12.7. The molecule has 0 aliphatic rings. The van der Waals surface area contributed by atoms with Crippen LogP contribution in [0.2, 0.25) is 0 Å². The Morgan fingerprint density at radius 1 is 0.604 bits per heavy atom. The second kappa shape index (κ2) is 37.3. The third-order valence-corrected chi connectivity index (χ3v) is 12.2. The predicted octanol–water partition coefficient (Wildman–Crippen LogP) is 11.6. The highest BCUT2D eigenvalue weighted by molar-refractivity contribution is 8.76. The van der Waals surface area contributed by atoms with E-state index in [1.54, 1.807) is 0 Å². The van der Waals surface area contributed by atoms with Gasteiger partial charge >= 0.3 is 11.9 Å². The first-order valence-corrected chi connectivity index (χ1v) is 25.6. The van der Waals surface area contributed by atoms with Crippen molar-refractivity contribution in [2.45, 2.75) is 193 Å². The number of phosphoric ester groups is 1. The quantitative estimate of drug-likeness (QED) is 0.0194. The van der Waals surface area contributed by atoms with Crippen molar-refractivity contribution in [3.05, 3.63) is 0 Å². The first-order valence-electron chi connectivity index (χ1n) is 21.4. The molecule has 0 aliphatic heterocycles. The first kappa shape index (κ1) is 52.7. The number of unbranched alkanes of at least 4 members (excludes halogenated alkanes) is 24. The molecule has 0 amide bonds. The smallest absolute Gasteiger partial charge is 0.306 e. The summed E-state index contributed by atoms with van der Waals surface area (Å²) in [5.74, 6) is 0.449. The molecule has 12 heteroatoms. The summed E-state index contributed by atoms with van der Waals surface area (Å²) < 4.78 is 33.9. The Labute approximate surface area is 334 Å². The lowest BCUT2D eigenvalue weighted by atomic mass is 10.0. The van der Waals surface area contributed by atoms with E-state index in [1.165, 1.54) is 134 Å². The molecule has 53 heavy (non-hydrogen) atoms. The second-order valence-electron chi connectivity index (χ2n) is 15.7. The van der Waals surface area contributed by atoms with Crippen LogP contribution in [0.25, 0.3) is 0 Å². The molecule has 0 saturated carbocycles. The van der Waals surface area contributed by atoms with Gasteiger partial charge in [0.15, 0.2) is 6.10 Å². The summed E-state index contributed by atoms with van der Waals surface area (Å²) in [7, 11) is 5.00. The Morgan fingerprint density at radius 2 is 1.02 bits per heavy atom. The first-order chi connectivity index (χ1) is 25.5. The van der Waals surface area contributed by atoms with E-state index in [-0.39, 0.29) is 32.0 Å². The van der Waals surface area contributed by atoms with E-state index in [4.69, 9.17) is 18.5 Å². The molecule has 0 heterocycles. The molecular formula is C41H82NO8PS2. The minimum Gasteiger partial charge on any atom is -0.756 e. The van der Waals surface area contributed by atoms with Crippen molar-refractivity contribution < 1.29 is 42.1 Å². The summed E-state index contributed by atoms with van der Waals surface area (Å²) in [5.41, 5.74) is 0. The molecule has 0 aromatic carbocycles. The molecule has 0 aromatic heterocycles. The van der Waals surface area contributed by atoms with Gasteiger partial charge in [-0.2, -0.15) is 0 Å². The van der Waals surface area contributed by atoms with Crippen molar-refractivity contribution >= 4 is 41.3 Å². The van der Waals surface area contributed by atoms with Crippen LogP contribution in [-0.2, 0) is 32.7 Å². The number of quaternary nitrogens is 1. The monoisotopic (exact) mass is 812 g/mol. The summed E-state index contributed by atoms with van der Waals surface area (Å²) in [5, 5.41) is 0. The summed E-state index contributed by atoms with van der Waals surface area (Å²) in [6.07, 6.45) is 33.3. The van der Waals surface area contributed by atoms with Crippen molar-refractivity contribution in [2.24, 2.45) is 0 Å². The van der Waals surface area contributed by atoms with Crippen LogP contribution >= 0.6 is 29.4 Å². The van der Waals surface area contributed by atoms with Gasteiger partial charge in [0.05, 0.1) is 27.7 Å². The molecule has 316 valence electrons. The molecule has 0 spiro atoms. The van der Waals surface area contributed by atoms with E-state index >= 15 is 0 Å². The number of carbonyl (C=O) groups excluding carboxylic acids is 2. The average Bonchev–Trinajstić information content (AvgIpc) is 3.10. The zero-order valence-electron chi connectivity index (χ0n) is 34.9. The van der Waals surface area contributed by atoms with Gasteiger partial charge in [0, 0.05) is 18.6 Å². The van der Waals surface area contributed by atoms with Crippen molar-refractivity contribution in [3.8, 4) is 0 Å². The van der Waals surface area contributed by atoms with Crippen molar-refractivity contribution in [1.82, 2.24) is 0 Å². The molecule has 0 bridgehead atoms. The molecule has 0 N–H and O–H groups in total. The Morgan fingerprint density at radius 3 is 1.45 bits per heavy atom. The largest absolute Gasteiger partial charge is 0.756 e. The van der Waals surface area contributed by atoms with Gasteiger partial charge in [-0.05, 0) is 25.5 Å². The van der Waals surface area contributed by atoms with Gasteiger partial charge in [-0.3, -0.25) is 14.2 Å². The number of likely N-dealkylation sites (N-methyl/N-ethyl adjacent to an activating group) is 1. The summed E-state index contributed by atoms with van der Waals surface area (Å²) in [4.78, 5) is 37.5. The molecule has 0 rings (SSSR count).